The molecule has 0 aromatic carbocycles. The van der Waals surface area contributed by atoms with Gasteiger partial charge in [-0.15, -0.1) is 0 Å². The highest BCUT2D eigenvalue weighted by Gasteiger charge is 2.10. The molecule has 0 saturated carbocycles. The van der Waals surface area contributed by atoms with Crippen LogP contribution in [0.5, 0.6) is 0 Å². The van der Waals surface area contributed by atoms with Gasteiger partial charge in [-0.25, -0.2) is 19.6 Å². The van der Waals surface area contributed by atoms with E-state index < -0.39 is 0 Å². The van der Waals surface area contributed by atoms with Crippen LogP contribution >= 0.6 is 0 Å². The normalized spacial score (nSPS) is 12.3. The zero-order valence-corrected chi connectivity index (χ0v) is 11.6. The fourth-order valence-electron chi connectivity index (χ4n) is 2.09. The maximum Gasteiger partial charge on any atom is 0.157 e. The second-order valence-electron chi connectivity index (χ2n) is 4.30. The van der Waals surface area contributed by atoms with Crippen LogP contribution in [-0.2, 0) is 0 Å². The molecule has 0 bridgehead atoms. The van der Waals surface area contributed by atoms with E-state index in [4.69, 9.17) is 0 Å². The van der Waals surface area contributed by atoms with Gasteiger partial charge in [0.1, 0.15) is 5.52 Å². The summed E-state index contributed by atoms with van der Waals surface area (Å²) in [5.41, 5.74) is 3.51. The molecule has 6 nitrogen and oxygen atoms in total. The Bertz CT molecular complexity index is 837. The molecule has 3 aromatic rings. The third-order valence-corrected chi connectivity index (χ3v) is 2.99. The van der Waals surface area contributed by atoms with Crippen molar-refractivity contribution in [1.82, 2.24) is 24.7 Å². The average Bonchev–Trinajstić information content (AvgIpc) is 3.15. The zero-order chi connectivity index (χ0) is 14.7. The Hall–Kier alpha value is -3.02. The highest BCUT2D eigenvalue weighted by Crippen LogP contribution is 2.24. The first-order chi connectivity index (χ1) is 10.3. The van der Waals surface area contributed by atoms with Crippen molar-refractivity contribution in [3.8, 4) is 11.1 Å². The smallest absolute Gasteiger partial charge is 0.157 e. The Morgan fingerprint density at radius 3 is 3.14 bits per heavy atom. The number of hydrogen-bond acceptors (Lipinski definition) is 4. The lowest BCUT2D eigenvalue weighted by molar-refractivity contribution is 0.937. The summed E-state index contributed by atoms with van der Waals surface area (Å²) in [5.74, 6) is 0.700. The number of imidazole rings is 1. The molecular formula is C15H14N6. The lowest BCUT2D eigenvalue weighted by atomic mass is 10.1. The molecule has 1 N–H and O–H groups in total. The molecule has 104 valence electrons. The van der Waals surface area contributed by atoms with Gasteiger partial charge in [-0.05, 0) is 19.1 Å². The summed E-state index contributed by atoms with van der Waals surface area (Å²) in [5, 5.41) is 4.35. The Morgan fingerprint density at radius 1 is 1.43 bits per heavy atom. The summed E-state index contributed by atoms with van der Waals surface area (Å²) < 4.78 is 1.70. The van der Waals surface area contributed by atoms with Crippen LogP contribution in [0.2, 0.25) is 0 Å². The molecule has 3 aromatic heterocycles. The Balaban J connectivity index is 2.08. The van der Waals surface area contributed by atoms with Crippen LogP contribution in [0.1, 0.15) is 6.92 Å². The van der Waals surface area contributed by atoms with Gasteiger partial charge in [0.05, 0.1) is 12.5 Å². The van der Waals surface area contributed by atoms with Crippen LogP contribution in [-0.4, -0.2) is 30.6 Å². The summed E-state index contributed by atoms with van der Waals surface area (Å²) in [6, 6.07) is 1.92. The lowest BCUT2D eigenvalue weighted by Gasteiger charge is -2.00. The molecule has 21 heavy (non-hydrogen) atoms. The van der Waals surface area contributed by atoms with Crippen LogP contribution in [0, 0.1) is 0 Å². The number of nitrogens with zero attached hydrogens (tertiary/aromatic N) is 5. The zero-order valence-electron chi connectivity index (χ0n) is 11.6. The minimum absolute atomic E-state index is 0.700. The van der Waals surface area contributed by atoms with Crippen LogP contribution in [0.25, 0.3) is 22.3 Å². The molecule has 0 aliphatic heterocycles. The first kappa shape index (κ1) is 13.0. The predicted octanol–water partition coefficient (Wildman–Crippen LogP) is 2.79. The topological polar surface area (TPSA) is 71.8 Å². The maximum absolute atomic E-state index is 4.35. The van der Waals surface area contributed by atoms with E-state index in [1.807, 2.05) is 31.3 Å². The highest BCUT2D eigenvalue weighted by molar-refractivity contribution is 5.96. The van der Waals surface area contributed by atoms with Gasteiger partial charge >= 0.3 is 0 Å². The van der Waals surface area contributed by atoms with E-state index >= 15 is 0 Å². The molecule has 3 rings (SSSR count). The monoisotopic (exact) mass is 278 g/mol. The number of allylic oxidation sites excluding steroid dienone is 2. The van der Waals surface area contributed by atoms with Crippen molar-refractivity contribution in [2.45, 2.75) is 6.92 Å². The molecule has 0 fully saturated rings. The molecule has 0 amide bonds. The van der Waals surface area contributed by atoms with Crippen LogP contribution < -0.4 is 0 Å². The Labute approximate surface area is 121 Å². The van der Waals surface area contributed by atoms with Gasteiger partial charge in [0.15, 0.2) is 11.5 Å². The van der Waals surface area contributed by atoms with Crippen molar-refractivity contribution in [2.75, 3.05) is 0 Å². The molecule has 0 aliphatic rings. The minimum Gasteiger partial charge on any atom is -0.329 e. The second kappa shape index (κ2) is 5.54. The van der Waals surface area contributed by atoms with Crippen molar-refractivity contribution in [2.24, 2.45) is 4.99 Å². The quantitative estimate of drug-likeness (QED) is 0.591. The number of aromatic amines is 1. The van der Waals surface area contributed by atoms with Gasteiger partial charge in [0, 0.05) is 29.7 Å². The molecule has 0 saturated heterocycles. The highest BCUT2D eigenvalue weighted by atomic mass is 15.3. The third-order valence-electron chi connectivity index (χ3n) is 2.99. The number of H-pyrrole nitrogens is 1. The standard InChI is InChI=1S/C15H14N6/c1-3-5-13(16-4-2)21-9-11(8-20-21)12-6-7-17-15-14(12)18-10-19-15/h3-10H,2H2,1H3,(H,17,18,19)/b5-3-,16-13+. The molecule has 0 spiro atoms. The lowest BCUT2D eigenvalue weighted by Crippen LogP contribution is -2.08. The fraction of sp³-hybridized carbons (Fsp3) is 0.0667. The molecule has 6 heteroatoms. The summed E-state index contributed by atoms with van der Waals surface area (Å²) in [6.45, 7) is 5.55. The first-order valence-electron chi connectivity index (χ1n) is 6.48. The maximum atomic E-state index is 4.35. The largest absolute Gasteiger partial charge is 0.329 e. The van der Waals surface area contributed by atoms with E-state index in [0.717, 1.165) is 22.3 Å². The molecule has 0 unspecified atom stereocenters. The van der Waals surface area contributed by atoms with E-state index in [1.165, 1.54) is 6.20 Å². The number of rotatable bonds is 3. The predicted molar refractivity (Wildman–Crippen MR) is 83.0 cm³/mol. The molecule has 0 radical (unpaired) electrons. The summed E-state index contributed by atoms with van der Waals surface area (Å²) >= 11 is 0. The van der Waals surface area contributed by atoms with Gasteiger partial charge in [-0.2, -0.15) is 5.10 Å². The number of pyridine rings is 1. The van der Waals surface area contributed by atoms with Crippen molar-refractivity contribution >= 4 is 17.0 Å². The fourth-order valence-corrected chi connectivity index (χ4v) is 2.09. The summed E-state index contributed by atoms with van der Waals surface area (Å²) in [6.07, 6.45) is 12.3. The first-order valence-corrected chi connectivity index (χ1v) is 6.48. The van der Waals surface area contributed by atoms with Gasteiger partial charge in [0.25, 0.3) is 0 Å². The van der Waals surface area contributed by atoms with Gasteiger partial charge in [-0.3, -0.25) is 0 Å². The second-order valence-corrected chi connectivity index (χ2v) is 4.30. The molecular weight excluding hydrogens is 264 g/mol. The van der Waals surface area contributed by atoms with Crippen molar-refractivity contribution in [3.63, 3.8) is 0 Å². The van der Waals surface area contributed by atoms with E-state index in [2.05, 4.69) is 31.6 Å². The number of aromatic nitrogens is 5. The number of fused-ring (bicyclic) bond motifs is 1. The van der Waals surface area contributed by atoms with Gasteiger partial charge in [0.2, 0.25) is 0 Å². The van der Waals surface area contributed by atoms with Crippen molar-refractivity contribution in [1.29, 1.82) is 0 Å². The summed E-state index contributed by atoms with van der Waals surface area (Å²) in [7, 11) is 0. The summed E-state index contributed by atoms with van der Waals surface area (Å²) in [4.78, 5) is 15.7. The number of aliphatic imine (C=N–C) groups is 1. The van der Waals surface area contributed by atoms with E-state index in [1.54, 1.807) is 23.4 Å². The average molecular weight is 278 g/mol. The van der Waals surface area contributed by atoms with Crippen molar-refractivity contribution < 1.29 is 0 Å². The van der Waals surface area contributed by atoms with Gasteiger partial charge in [-0.1, -0.05) is 12.7 Å². The SMILES string of the molecule is C=C/N=C(\C=C/C)n1cc(-c2ccnc3[nH]cnc23)cn1. The van der Waals surface area contributed by atoms with Gasteiger partial charge < -0.3 is 4.98 Å². The van der Waals surface area contributed by atoms with Crippen molar-refractivity contribution in [3.05, 3.63) is 55.9 Å². The van der Waals surface area contributed by atoms with Crippen LogP contribution in [0.3, 0.4) is 0 Å². The number of nitrogens with one attached hydrogen (secondary N) is 1. The van der Waals surface area contributed by atoms with E-state index in [9.17, 15) is 0 Å². The molecule has 0 aliphatic carbocycles. The van der Waals surface area contributed by atoms with E-state index in [-0.39, 0.29) is 0 Å². The van der Waals surface area contributed by atoms with E-state index in [0.29, 0.717) is 5.84 Å². The third kappa shape index (κ3) is 2.38. The minimum atomic E-state index is 0.700. The Kier molecular flexibility index (Phi) is 3.42. The van der Waals surface area contributed by atoms with Crippen LogP contribution in [0.15, 0.2) is 60.9 Å². The number of hydrogen-bond donors (Lipinski definition) is 1. The molecule has 0 atom stereocenters. The Morgan fingerprint density at radius 2 is 2.33 bits per heavy atom. The van der Waals surface area contributed by atoms with Crippen LogP contribution in [0.4, 0.5) is 0 Å². The molecule has 3 heterocycles.